The number of hydrogen-bond acceptors (Lipinski definition) is 6. The number of aromatic nitrogens is 3. The molecule has 8 nitrogen and oxygen atoms in total. The van der Waals surface area contributed by atoms with Gasteiger partial charge in [-0.3, -0.25) is 4.79 Å². The van der Waals surface area contributed by atoms with E-state index in [2.05, 4.69) is 20.9 Å². The van der Waals surface area contributed by atoms with Crippen LogP contribution in [-0.2, 0) is 11.3 Å². The van der Waals surface area contributed by atoms with Crippen molar-refractivity contribution >= 4 is 5.91 Å². The van der Waals surface area contributed by atoms with E-state index in [4.69, 9.17) is 9.47 Å². The van der Waals surface area contributed by atoms with Crippen LogP contribution in [0.15, 0.2) is 24.3 Å². The quantitative estimate of drug-likeness (QED) is 0.681. The summed E-state index contributed by atoms with van der Waals surface area (Å²) < 4.78 is 12.5. The maximum absolute atomic E-state index is 12.5. The Hall–Kier alpha value is -2.45. The van der Waals surface area contributed by atoms with Crippen molar-refractivity contribution in [2.75, 3.05) is 33.4 Å². The molecule has 0 atom stereocenters. The van der Waals surface area contributed by atoms with Gasteiger partial charge in [0.15, 0.2) is 5.69 Å². The van der Waals surface area contributed by atoms with Crippen LogP contribution in [0.5, 0.6) is 5.75 Å². The predicted octanol–water partition coefficient (Wildman–Crippen LogP) is 1.47. The molecule has 146 valence electrons. The van der Waals surface area contributed by atoms with Crippen LogP contribution >= 0.6 is 0 Å². The molecule has 2 N–H and O–H groups in total. The van der Waals surface area contributed by atoms with E-state index in [-0.39, 0.29) is 5.91 Å². The summed E-state index contributed by atoms with van der Waals surface area (Å²) in [7, 11) is 1.64. The van der Waals surface area contributed by atoms with E-state index >= 15 is 0 Å². The Balaban J connectivity index is 1.58. The van der Waals surface area contributed by atoms with Crippen molar-refractivity contribution in [2.24, 2.45) is 0 Å². The number of amides is 1. The maximum atomic E-state index is 12.5. The summed E-state index contributed by atoms with van der Waals surface area (Å²) in [6.07, 6.45) is 2.00. The van der Waals surface area contributed by atoms with Crippen LogP contribution in [0.4, 0.5) is 0 Å². The fraction of sp³-hybridized carbons (Fsp3) is 0.526. The average molecular weight is 373 g/mol. The number of rotatable bonds is 8. The molecule has 1 amide bonds. The molecule has 0 aliphatic carbocycles. The number of carbonyl (C=O) groups is 1. The second-order valence-electron chi connectivity index (χ2n) is 6.62. The summed E-state index contributed by atoms with van der Waals surface area (Å²) in [5, 5.41) is 14.6. The molecule has 0 radical (unpaired) electrons. The zero-order valence-corrected chi connectivity index (χ0v) is 15.9. The van der Waals surface area contributed by atoms with Crippen LogP contribution in [-0.4, -0.2) is 54.3 Å². The average Bonchev–Trinajstić information content (AvgIpc) is 3.09. The zero-order chi connectivity index (χ0) is 19.1. The Morgan fingerprint density at radius 3 is 2.93 bits per heavy atom. The molecule has 1 aromatic heterocycles. The molecule has 1 fully saturated rings. The van der Waals surface area contributed by atoms with E-state index in [1.807, 2.05) is 35.9 Å². The Morgan fingerprint density at radius 1 is 1.33 bits per heavy atom. The molecule has 0 saturated carbocycles. The van der Waals surface area contributed by atoms with Gasteiger partial charge in [0.2, 0.25) is 0 Å². The van der Waals surface area contributed by atoms with Crippen LogP contribution in [0.1, 0.15) is 40.6 Å². The number of benzene rings is 1. The highest BCUT2D eigenvalue weighted by Gasteiger charge is 2.22. The normalized spacial score (nSPS) is 14.9. The van der Waals surface area contributed by atoms with Gasteiger partial charge >= 0.3 is 0 Å². The lowest BCUT2D eigenvalue weighted by molar-refractivity contribution is 0.0945. The summed E-state index contributed by atoms with van der Waals surface area (Å²) in [5.41, 5.74) is 2.17. The smallest absolute Gasteiger partial charge is 0.274 e. The highest BCUT2D eigenvalue weighted by molar-refractivity contribution is 5.93. The first-order valence-corrected chi connectivity index (χ1v) is 9.30. The molecule has 0 unspecified atom stereocenters. The molecule has 1 aromatic carbocycles. The second-order valence-corrected chi connectivity index (χ2v) is 6.62. The van der Waals surface area contributed by atoms with Gasteiger partial charge in [-0.2, -0.15) is 0 Å². The van der Waals surface area contributed by atoms with E-state index in [9.17, 15) is 4.79 Å². The molecule has 2 heterocycles. The topological polar surface area (TPSA) is 90.3 Å². The van der Waals surface area contributed by atoms with E-state index < -0.39 is 0 Å². The minimum absolute atomic E-state index is 0.210. The van der Waals surface area contributed by atoms with E-state index in [0.717, 1.165) is 42.9 Å². The fourth-order valence-electron chi connectivity index (χ4n) is 3.20. The monoisotopic (exact) mass is 373 g/mol. The Labute approximate surface area is 159 Å². The van der Waals surface area contributed by atoms with Crippen LogP contribution < -0.4 is 15.4 Å². The van der Waals surface area contributed by atoms with Gasteiger partial charge in [0, 0.05) is 13.7 Å². The third-order valence-electron chi connectivity index (χ3n) is 4.70. The number of ether oxygens (including phenoxy) is 2. The lowest BCUT2D eigenvalue weighted by Crippen LogP contribution is -2.30. The molecule has 3 rings (SSSR count). The molecule has 27 heavy (non-hydrogen) atoms. The van der Waals surface area contributed by atoms with Gasteiger partial charge in [0.05, 0.1) is 18.3 Å². The molecule has 0 spiro atoms. The molecule has 8 heteroatoms. The van der Waals surface area contributed by atoms with Gasteiger partial charge in [-0.1, -0.05) is 17.3 Å². The number of nitrogens with one attached hydrogen (secondary N) is 2. The summed E-state index contributed by atoms with van der Waals surface area (Å²) >= 11 is 0. The van der Waals surface area contributed by atoms with E-state index in [1.165, 1.54) is 0 Å². The Morgan fingerprint density at radius 2 is 2.15 bits per heavy atom. The van der Waals surface area contributed by atoms with Crippen molar-refractivity contribution in [1.29, 1.82) is 0 Å². The minimum atomic E-state index is -0.210. The predicted molar refractivity (Wildman–Crippen MR) is 101 cm³/mol. The highest BCUT2D eigenvalue weighted by Crippen LogP contribution is 2.20. The van der Waals surface area contributed by atoms with Crippen molar-refractivity contribution in [3.05, 3.63) is 41.2 Å². The molecule has 2 aromatic rings. The van der Waals surface area contributed by atoms with Crippen molar-refractivity contribution in [3.63, 3.8) is 0 Å². The first-order chi connectivity index (χ1) is 13.2. The Kier molecular flexibility index (Phi) is 6.78. The van der Waals surface area contributed by atoms with Crippen LogP contribution in [0.2, 0.25) is 0 Å². The summed E-state index contributed by atoms with van der Waals surface area (Å²) in [4.78, 5) is 12.5. The van der Waals surface area contributed by atoms with E-state index in [0.29, 0.717) is 31.5 Å². The number of carbonyl (C=O) groups excluding carboxylic acids is 1. The number of methoxy groups -OCH3 is 1. The van der Waals surface area contributed by atoms with Crippen LogP contribution in [0.25, 0.3) is 0 Å². The lowest BCUT2D eigenvalue weighted by Gasteiger charge is -2.23. The lowest BCUT2D eigenvalue weighted by atomic mass is 10.1. The highest BCUT2D eigenvalue weighted by atomic mass is 16.5. The molecular weight excluding hydrogens is 346 g/mol. The van der Waals surface area contributed by atoms with Gasteiger partial charge < -0.3 is 20.1 Å². The van der Waals surface area contributed by atoms with Crippen LogP contribution in [0.3, 0.4) is 0 Å². The number of piperidine rings is 1. The molecule has 1 saturated heterocycles. The second kappa shape index (κ2) is 9.48. The van der Waals surface area contributed by atoms with Gasteiger partial charge in [0.1, 0.15) is 12.4 Å². The third-order valence-corrected chi connectivity index (χ3v) is 4.70. The van der Waals surface area contributed by atoms with Gasteiger partial charge in [-0.25, -0.2) is 4.68 Å². The van der Waals surface area contributed by atoms with Gasteiger partial charge in [-0.15, -0.1) is 5.10 Å². The standard InChI is InChI=1S/C19H27N5O3/c1-14-18(22-23-24(14)16-6-8-20-9-7-16)19(25)21-13-15-4-3-5-17(12-15)27-11-10-26-2/h3-5,12,16,20H,6-11,13H2,1-2H3,(H,21,25). The van der Waals surface area contributed by atoms with Crippen LogP contribution in [0, 0.1) is 6.92 Å². The Bertz CT molecular complexity index is 756. The van der Waals surface area contributed by atoms with Crippen molar-refractivity contribution in [1.82, 2.24) is 25.6 Å². The van der Waals surface area contributed by atoms with Gasteiger partial charge in [-0.05, 0) is 50.6 Å². The SMILES string of the molecule is COCCOc1cccc(CNC(=O)c2nnn(C3CCNCC3)c2C)c1. The minimum Gasteiger partial charge on any atom is -0.491 e. The van der Waals surface area contributed by atoms with Crippen molar-refractivity contribution < 1.29 is 14.3 Å². The molecule has 0 bridgehead atoms. The molecule has 1 aliphatic rings. The fourth-order valence-corrected chi connectivity index (χ4v) is 3.20. The van der Waals surface area contributed by atoms with Crippen molar-refractivity contribution in [2.45, 2.75) is 32.4 Å². The third kappa shape index (κ3) is 5.05. The summed E-state index contributed by atoms with van der Waals surface area (Å²) in [6, 6.07) is 7.95. The van der Waals surface area contributed by atoms with E-state index in [1.54, 1.807) is 7.11 Å². The van der Waals surface area contributed by atoms with Gasteiger partial charge in [0.25, 0.3) is 5.91 Å². The maximum Gasteiger partial charge on any atom is 0.274 e. The first-order valence-electron chi connectivity index (χ1n) is 9.30. The summed E-state index contributed by atoms with van der Waals surface area (Å²) in [5.74, 6) is 0.547. The first kappa shape index (κ1) is 19.3. The zero-order valence-electron chi connectivity index (χ0n) is 15.9. The largest absolute Gasteiger partial charge is 0.491 e. The number of hydrogen-bond donors (Lipinski definition) is 2. The molecular formula is C19H27N5O3. The number of nitrogens with zero attached hydrogens (tertiary/aromatic N) is 3. The van der Waals surface area contributed by atoms with Crippen molar-refractivity contribution in [3.8, 4) is 5.75 Å². The molecule has 1 aliphatic heterocycles. The summed E-state index contributed by atoms with van der Waals surface area (Å²) in [6.45, 7) is 5.27.